The summed E-state index contributed by atoms with van der Waals surface area (Å²) in [6.45, 7) is 0.691. The number of amides is 1. The highest BCUT2D eigenvalue weighted by molar-refractivity contribution is 7.99. The second-order valence-corrected chi connectivity index (χ2v) is 5.65. The van der Waals surface area contributed by atoms with Crippen LogP contribution in [0.15, 0.2) is 0 Å². The van der Waals surface area contributed by atoms with Crippen molar-refractivity contribution in [3.8, 4) is 0 Å². The van der Waals surface area contributed by atoms with Crippen LogP contribution in [-0.4, -0.2) is 59.2 Å². The van der Waals surface area contributed by atoms with Crippen molar-refractivity contribution in [3.63, 3.8) is 0 Å². The van der Waals surface area contributed by atoms with E-state index in [0.717, 1.165) is 18.6 Å². The van der Waals surface area contributed by atoms with Crippen LogP contribution in [0.4, 0.5) is 0 Å². The third-order valence-corrected chi connectivity index (χ3v) is 4.48. The van der Waals surface area contributed by atoms with E-state index in [2.05, 4.69) is 0 Å². The minimum absolute atomic E-state index is 0.0175. The van der Waals surface area contributed by atoms with Crippen LogP contribution in [0, 0.1) is 5.92 Å². The van der Waals surface area contributed by atoms with E-state index in [9.17, 15) is 9.59 Å². The molecule has 0 aliphatic carbocycles. The molecule has 2 aliphatic heterocycles. The number of nitrogens with zero attached hydrogens (tertiary/aromatic N) is 1. The molecule has 2 unspecified atom stereocenters. The zero-order valence-electron chi connectivity index (χ0n) is 9.63. The molecule has 0 radical (unpaired) electrons. The molecule has 0 aromatic rings. The number of rotatable bonds is 3. The van der Waals surface area contributed by atoms with E-state index >= 15 is 0 Å². The molecule has 1 amide bonds. The largest absolute Gasteiger partial charge is 0.480 e. The highest BCUT2D eigenvalue weighted by Gasteiger charge is 2.35. The summed E-state index contributed by atoms with van der Waals surface area (Å²) in [5, 5.41) is 9.08. The number of hydrogen-bond donors (Lipinski definition) is 1. The normalized spacial score (nSPS) is 30.4. The van der Waals surface area contributed by atoms with Gasteiger partial charge in [0.1, 0.15) is 6.61 Å². The Labute approximate surface area is 104 Å². The zero-order valence-corrected chi connectivity index (χ0v) is 10.4. The first-order chi connectivity index (χ1) is 8.18. The monoisotopic (exact) mass is 259 g/mol. The van der Waals surface area contributed by atoms with Gasteiger partial charge in [0.05, 0.1) is 6.61 Å². The fourth-order valence-corrected chi connectivity index (χ4v) is 3.41. The van der Waals surface area contributed by atoms with E-state index in [4.69, 9.17) is 9.84 Å². The van der Waals surface area contributed by atoms with Crippen LogP contribution < -0.4 is 0 Å². The van der Waals surface area contributed by atoms with Gasteiger partial charge in [0.2, 0.25) is 5.91 Å². The minimum Gasteiger partial charge on any atom is -0.480 e. The standard InChI is InChI=1S/C11H17NO4S/c13-10-6-16-5-9(11(14)15)12(10)4-8-2-1-3-17-7-8/h8-9H,1-7H2,(H,14,15). The third kappa shape index (κ3) is 3.13. The molecule has 2 saturated heterocycles. The molecule has 0 bridgehead atoms. The number of thioether (sulfide) groups is 1. The SMILES string of the molecule is O=C(O)C1COCC(=O)N1CC1CCCSC1. The molecule has 2 heterocycles. The molecule has 0 aromatic heterocycles. The maximum Gasteiger partial charge on any atom is 0.328 e. The summed E-state index contributed by atoms with van der Waals surface area (Å²) in [6, 6.07) is -0.803. The molecule has 96 valence electrons. The third-order valence-electron chi connectivity index (χ3n) is 3.19. The van der Waals surface area contributed by atoms with Crippen LogP contribution in [0.1, 0.15) is 12.8 Å². The second-order valence-electron chi connectivity index (χ2n) is 4.50. The van der Waals surface area contributed by atoms with Gasteiger partial charge in [0.25, 0.3) is 0 Å². The van der Waals surface area contributed by atoms with Crippen LogP contribution in [0.3, 0.4) is 0 Å². The lowest BCUT2D eigenvalue weighted by atomic mass is 10.0. The van der Waals surface area contributed by atoms with Crippen molar-refractivity contribution in [3.05, 3.63) is 0 Å². The Hall–Kier alpha value is -0.750. The Morgan fingerprint density at radius 1 is 1.59 bits per heavy atom. The molecular weight excluding hydrogens is 242 g/mol. The second kappa shape index (κ2) is 5.73. The summed E-state index contributed by atoms with van der Waals surface area (Å²) in [4.78, 5) is 24.3. The Kier molecular flexibility index (Phi) is 4.28. The topological polar surface area (TPSA) is 66.8 Å². The smallest absolute Gasteiger partial charge is 0.328 e. The van der Waals surface area contributed by atoms with Gasteiger partial charge < -0.3 is 14.7 Å². The molecule has 2 rings (SSSR count). The Morgan fingerprint density at radius 2 is 2.41 bits per heavy atom. The summed E-state index contributed by atoms with van der Waals surface area (Å²) in [5.41, 5.74) is 0. The average molecular weight is 259 g/mol. The van der Waals surface area contributed by atoms with Crippen molar-refractivity contribution in [1.82, 2.24) is 4.90 Å². The first-order valence-electron chi connectivity index (χ1n) is 5.86. The molecule has 6 heteroatoms. The summed E-state index contributed by atoms with van der Waals surface area (Å²) in [5.74, 6) is 1.46. The molecule has 2 atom stereocenters. The minimum atomic E-state index is -0.971. The summed E-state index contributed by atoms with van der Waals surface area (Å²) in [7, 11) is 0. The van der Waals surface area contributed by atoms with Crippen molar-refractivity contribution in [2.45, 2.75) is 18.9 Å². The highest BCUT2D eigenvalue weighted by atomic mass is 32.2. The molecule has 0 saturated carbocycles. The Balaban J connectivity index is 1.98. The summed E-state index contributed by atoms with van der Waals surface area (Å²) >= 11 is 1.89. The van der Waals surface area contributed by atoms with Gasteiger partial charge in [-0.15, -0.1) is 0 Å². The maximum absolute atomic E-state index is 11.7. The molecule has 0 spiro atoms. The summed E-state index contributed by atoms with van der Waals surface area (Å²) < 4.78 is 5.00. The number of carboxylic acid groups (broad SMARTS) is 1. The first kappa shape index (κ1) is 12.7. The van der Waals surface area contributed by atoms with E-state index in [-0.39, 0.29) is 19.1 Å². The van der Waals surface area contributed by atoms with Gasteiger partial charge >= 0.3 is 5.97 Å². The van der Waals surface area contributed by atoms with Crippen molar-refractivity contribution >= 4 is 23.6 Å². The van der Waals surface area contributed by atoms with Gasteiger partial charge in [-0.25, -0.2) is 4.79 Å². The number of ether oxygens (including phenoxy) is 1. The Morgan fingerprint density at radius 3 is 3.06 bits per heavy atom. The van der Waals surface area contributed by atoms with E-state index in [0.29, 0.717) is 12.5 Å². The first-order valence-corrected chi connectivity index (χ1v) is 7.01. The lowest BCUT2D eigenvalue weighted by Crippen LogP contribution is -2.54. The predicted octanol–water partition coefficient (Wildman–Crippen LogP) is 0.442. The Bertz CT molecular complexity index is 304. The number of morpholine rings is 1. The lowest BCUT2D eigenvalue weighted by Gasteiger charge is -2.36. The average Bonchev–Trinajstić information content (AvgIpc) is 2.33. The van der Waals surface area contributed by atoms with Gasteiger partial charge in [-0.1, -0.05) is 0 Å². The summed E-state index contributed by atoms with van der Waals surface area (Å²) in [6.07, 6.45) is 2.25. The fourth-order valence-electron chi connectivity index (χ4n) is 2.27. The molecular formula is C11H17NO4S. The van der Waals surface area contributed by atoms with Crippen LogP contribution in [0.25, 0.3) is 0 Å². The molecule has 2 fully saturated rings. The zero-order chi connectivity index (χ0) is 12.3. The van der Waals surface area contributed by atoms with Crippen LogP contribution >= 0.6 is 11.8 Å². The van der Waals surface area contributed by atoms with E-state index in [1.807, 2.05) is 11.8 Å². The van der Waals surface area contributed by atoms with Crippen molar-refractivity contribution < 1.29 is 19.4 Å². The lowest BCUT2D eigenvalue weighted by molar-refractivity contribution is -0.163. The fraction of sp³-hybridized carbons (Fsp3) is 0.818. The molecule has 17 heavy (non-hydrogen) atoms. The van der Waals surface area contributed by atoms with Crippen LogP contribution in [-0.2, 0) is 14.3 Å². The van der Waals surface area contributed by atoms with E-state index < -0.39 is 12.0 Å². The van der Waals surface area contributed by atoms with Crippen LogP contribution in [0.2, 0.25) is 0 Å². The van der Waals surface area contributed by atoms with Crippen molar-refractivity contribution in [2.75, 3.05) is 31.3 Å². The van der Waals surface area contributed by atoms with Crippen LogP contribution in [0.5, 0.6) is 0 Å². The number of aliphatic carboxylic acids is 1. The highest BCUT2D eigenvalue weighted by Crippen LogP contribution is 2.24. The van der Waals surface area contributed by atoms with Gasteiger partial charge in [-0.3, -0.25) is 4.79 Å². The maximum atomic E-state index is 11.7. The van der Waals surface area contributed by atoms with Crippen molar-refractivity contribution in [1.29, 1.82) is 0 Å². The van der Waals surface area contributed by atoms with E-state index in [1.54, 1.807) is 0 Å². The molecule has 2 aliphatic rings. The number of carbonyl (C=O) groups excluding carboxylic acids is 1. The van der Waals surface area contributed by atoms with Gasteiger partial charge in [0, 0.05) is 6.54 Å². The van der Waals surface area contributed by atoms with Crippen molar-refractivity contribution in [2.24, 2.45) is 5.92 Å². The van der Waals surface area contributed by atoms with Gasteiger partial charge in [0.15, 0.2) is 6.04 Å². The van der Waals surface area contributed by atoms with Gasteiger partial charge in [-0.2, -0.15) is 11.8 Å². The number of hydrogen-bond acceptors (Lipinski definition) is 4. The van der Waals surface area contributed by atoms with E-state index in [1.165, 1.54) is 10.7 Å². The number of carbonyl (C=O) groups is 2. The number of carboxylic acids is 1. The molecule has 0 aromatic carbocycles. The predicted molar refractivity (Wildman–Crippen MR) is 64.0 cm³/mol. The molecule has 1 N–H and O–H groups in total. The van der Waals surface area contributed by atoms with Gasteiger partial charge in [-0.05, 0) is 30.3 Å². The quantitative estimate of drug-likeness (QED) is 0.796. The molecule has 5 nitrogen and oxygen atoms in total.